The fourth-order valence-corrected chi connectivity index (χ4v) is 2.64. The molecule has 0 saturated carbocycles. The smallest absolute Gasteiger partial charge is 0.146 e. The van der Waals surface area contributed by atoms with E-state index in [1.807, 2.05) is 30.3 Å². The van der Waals surface area contributed by atoms with Crippen molar-refractivity contribution in [3.05, 3.63) is 70.2 Å². The van der Waals surface area contributed by atoms with Crippen LogP contribution in [-0.2, 0) is 6.61 Å². The van der Waals surface area contributed by atoms with Gasteiger partial charge in [-0.2, -0.15) is 0 Å². The molecule has 0 bridgehead atoms. The van der Waals surface area contributed by atoms with Crippen LogP contribution in [0.3, 0.4) is 0 Å². The van der Waals surface area contributed by atoms with Gasteiger partial charge in [0.2, 0.25) is 0 Å². The summed E-state index contributed by atoms with van der Waals surface area (Å²) in [5, 5.41) is 12.1. The van der Waals surface area contributed by atoms with Gasteiger partial charge in [0.15, 0.2) is 0 Å². The number of ether oxygens (including phenoxy) is 1. The zero-order valence-corrected chi connectivity index (χ0v) is 12.5. The lowest BCUT2D eigenvalue weighted by molar-refractivity contribution is 0.281. The number of rotatable bonds is 3. The highest BCUT2D eigenvalue weighted by Gasteiger charge is 2.09. The van der Waals surface area contributed by atoms with E-state index in [0.29, 0.717) is 21.5 Å². The normalized spacial score (nSPS) is 10.8. The van der Waals surface area contributed by atoms with Crippen LogP contribution >= 0.6 is 23.2 Å². The first-order valence-electron chi connectivity index (χ1n) is 6.43. The Labute approximate surface area is 132 Å². The third-order valence-electron chi connectivity index (χ3n) is 3.23. The lowest BCUT2D eigenvalue weighted by Crippen LogP contribution is -1.89. The lowest BCUT2D eigenvalue weighted by atomic mass is 10.1. The van der Waals surface area contributed by atoms with E-state index >= 15 is 0 Å². The summed E-state index contributed by atoms with van der Waals surface area (Å²) in [6.45, 7) is -0.0517. The van der Waals surface area contributed by atoms with Crippen molar-refractivity contribution in [3.8, 4) is 11.5 Å². The van der Waals surface area contributed by atoms with Gasteiger partial charge in [0.1, 0.15) is 11.5 Å². The van der Waals surface area contributed by atoms with Crippen LogP contribution in [0.4, 0.5) is 0 Å². The number of halogens is 2. The summed E-state index contributed by atoms with van der Waals surface area (Å²) in [4.78, 5) is 0. The van der Waals surface area contributed by atoms with Gasteiger partial charge in [-0.15, -0.1) is 0 Å². The van der Waals surface area contributed by atoms with Crippen molar-refractivity contribution in [2.45, 2.75) is 6.61 Å². The van der Waals surface area contributed by atoms with Gasteiger partial charge in [-0.1, -0.05) is 53.5 Å². The molecule has 106 valence electrons. The molecule has 0 radical (unpaired) electrons. The largest absolute Gasteiger partial charge is 0.455 e. The summed E-state index contributed by atoms with van der Waals surface area (Å²) >= 11 is 12.4. The highest BCUT2D eigenvalue weighted by Crippen LogP contribution is 2.36. The third kappa shape index (κ3) is 2.84. The summed E-state index contributed by atoms with van der Waals surface area (Å²) in [6, 6.07) is 16.6. The van der Waals surface area contributed by atoms with E-state index in [4.69, 9.17) is 33.0 Å². The molecular weight excluding hydrogens is 307 g/mol. The number of aliphatic hydroxyl groups is 1. The van der Waals surface area contributed by atoms with E-state index in [2.05, 4.69) is 0 Å². The van der Waals surface area contributed by atoms with Gasteiger partial charge in [0.05, 0.1) is 11.6 Å². The van der Waals surface area contributed by atoms with Crippen molar-refractivity contribution < 1.29 is 9.84 Å². The van der Waals surface area contributed by atoms with Gasteiger partial charge in [-0.05, 0) is 29.8 Å². The monoisotopic (exact) mass is 318 g/mol. The topological polar surface area (TPSA) is 29.5 Å². The summed E-state index contributed by atoms with van der Waals surface area (Å²) in [7, 11) is 0. The van der Waals surface area contributed by atoms with Crippen molar-refractivity contribution in [1.82, 2.24) is 0 Å². The molecule has 0 aromatic heterocycles. The molecule has 4 heteroatoms. The van der Waals surface area contributed by atoms with Crippen molar-refractivity contribution in [1.29, 1.82) is 0 Å². The predicted molar refractivity (Wildman–Crippen MR) is 86.4 cm³/mol. The molecule has 0 spiro atoms. The Balaban J connectivity index is 2.04. The Bertz CT molecular complexity index is 800. The van der Waals surface area contributed by atoms with E-state index < -0.39 is 0 Å². The minimum Gasteiger partial charge on any atom is -0.455 e. The maximum absolute atomic E-state index is 9.10. The standard InChI is InChI=1S/C17H12Cl2O2/c18-14-6-8-16(13-4-2-1-3-12(13)14)21-17-7-5-11(10-20)9-15(17)19/h1-9,20H,10H2. The van der Waals surface area contributed by atoms with E-state index in [1.165, 1.54) is 0 Å². The molecule has 0 heterocycles. The van der Waals surface area contributed by atoms with Gasteiger partial charge in [-0.25, -0.2) is 0 Å². The van der Waals surface area contributed by atoms with Crippen LogP contribution in [0.15, 0.2) is 54.6 Å². The quantitative estimate of drug-likeness (QED) is 0.697. The van der Waals surface area contributed by atoms with Crippen LogP contribution in [0.1, 0.15) is 5.56 Å². The Morgan fingerprint density at radius 2 is 1.52 bits per heavy atom. The van der Waals surface area contributed by atoms with Gasteiger partial charge in [0.25, 0.3) is 0 Å². The number of fused-ring (bicyclic) bond motifs is 1. The second-order valence-corrected chi connectivity index (χ2v) is 5.43. The highest BCUT2D eigenvalue weighted by molar-refractivity contribution is 6.35. The Morgan fingerprint density at radius 3 is 2.24 bits per heavy atom. The number of hydrogen-bond acceptors (Lipinski definition) is 2. The Kier molecular flexibility index (Phi) is 4.02. The van der Waals surface area contributed by atoms with E-state index in [9.17, 15) is 0 Å². The molecule has 0 atom stereocenters. The van der Waals surface area contributed by atoms with Gasteiger partial charge in [-0.3, -0.25) is 0 Å². The molecule has 0 aliphatic carbocycles. The van der Waals surface area contributed by atoms with Crippen LogP contribution in [0.25, 0.3) is 10.8 Å². The van der Waals surface area contributed by atoms with Crippen molar-refractivity contribution >= 4 is 34.0 Å². The van der Waals surface area contributed by atoms with Crippen LogP contribution in [0, 0.1) is 0 Å². The lowest BCUT2D eigenvalue weighted by Gasteiger charge is -2.11. The van der Waals surface area contributed by atoms with Crippen LogP contribution in [0.5, 0.6) is 11.5 Å². The average Bonchev–Trinajstić information content (AvgIpc) is 2.52. The molecule has 3 aromatic carbocycles. The van der Waals surface area contributed by atoms with Gasteiger partial charge >= 0.3 is 0 Å². The molecule has 0 amide bonds. The first-order valence-corrected chi connectivity index (χ1v) is 7.19. The minimum absolute atomic E-state index is 0.0517. The molecule has 3 rings (SSSR count). The average molecular weight is 319 g/mol. The van der Waals surface area contributed by atoms with Crippen LogP contribution < -0.4 is 4.74 Å². The third-order valence-corrected chi connectivity index (χ3v) is 3.85. The number of benzene rings is 3. The predicted octanol–water partition coefficient (Wildman–Crippen LogP) is 5.43. The Hall–Kier alpha value is -1.74. The SMILES string of the molecule is OCc1ccc(Oc2ccc(Cl)c3ccccc23)c(Cl)c1. The maximum Gasteiger partial charge on any atom is 0.146 e. The molecule has 0 aliphatic rings. The minimum atomic E-state index is -0.0517. The summed E-state index contributed by atoms with van der Waals surface area (Å²) < 4.78 is 5.90. The van der Waals surface area contributed by atoms with Gasteiger partial charge in [0, 0.05) is 15.8 Å². The summed E-state index contributed by atoms with van der Waals surface area (Å²) in [5.41, 5.74) is 0.744. The first kappa shape index (κ1) is 14.2. The van der Waals surface area contributed by atoms with Crippen LogP contribution in [-0.4, -0.2) is 5.11 Å². The van der Waals surface area contributed by atoms with Gasteiger partial charge < -0.3 is 9.84 Å². The second-order valence-electron chi connectivity index (χ2n) is 4.62. The molecule has 0 saturated heterocycles. The molecule has 2 nitrogen and oxygen atoms in total. The summed E-state index contributed by atoms with van der Waals surface area (Å²) in [6.07, 6.45) is 0. The molecule has 21 heavy (non-hydrogen) atoms. The molecule has 0 unspecified atom stereocenters. The van der Waals surface area contributed by atoms with Crippen LogP contribution in [0.2, 0.25) is 10.0 Å². The molecule has 0 fully saturated rings. The van der Waals surface area contributed by atoms with Crippen molar-refractivity contribution in [2.75, 3.05) is 0 Å². The number of hydrogen-bond donors (Lipinski definition) is 1. The highest BCUT2D eigenvalue weighted by atomic mass is 35.5. The first-order chi connectivity index (χ1) is 10.2. The van der Waals surface area contributed by atoms with E-state index in [1.54, 1.807) is 24.3 Å². The van der Waals surface area contributed by atoms with Crippen molar-refractivity contribution in [3.63, 3.8) is 0 Å². The second kappa shape index (κ2) is 5.94. The van der Waals surface area contributed by atoms with E-state index in [-0.39, 0.29) is 6.61 Å². The number of aliphatic hydroxyl groups excluding tert-OH is 1. The molecular formula is C17H12Cl2O2. The maximum atomic E-state index is 9.10. The zero-order chi connectivity index (χ0) is 14.8. The molecule has 3 aromatic rings. The molecule has 0 aliphatic heterocycles. The fraction of sp³-hybridized carbons (Fsp3) is 0.0588. The zero-order valence-electron chi connectivity index (χ0n) is 11.0. The molecule has 1 N–H and O–H groups in total. The van der Waals surface area contributed by atoms with E-state index in [0.717, 1.165) is 16.3 Å². The Morgan fingerprint density at radius 1 is 0.810 bits per heavy atom. The van der Waals surface area contributed by atoms with Crippen molar-refractivity contribution in [2.24, 2.45) is 0 Å². The summed E-state index contributed by atoms with van der Waals surface area (Å²) in [5.74, 6) is 1.23. The fourth-order valence-electron chi connectivity index (χ4n) is 2.17.